The van der Waals surface area contributed by atoms with E-state index in [0.29, 0.717) is 12.6 Å². The van der Waals surface area contributed by atoms with Crippen molar-refractivity contribution in [3.8, 4) is 0 Å². The van der Waals surface area contributed by atoms with Gasteiger partial charge in [-0.15, -0.1) is 0 Å². The summed E-state index contributed by atoms with van der Waals surface area (Å²) in [5.41, 5.74) is 0. The highest BCUT2D eigenvalue weighted by molar-refractivity contribution is 5.78. The molecule has 134 valence electrons. The maximum absolute atomic E-state index is 12.4. The second-order valence-electron chi connectivity index (χ2n) is 6.96. The van der Waals surface area contributed by atoms with E-state index in [1.165, 1.54) is 6.42 Å². The summed E-state index contributed by atoms with van der Waals surface area (Å²) in [5.74, 6) is 1.90. The van der Waals surface area contributed by atoms with Crippen LogP contribution < -0.4 is 5.32 Å². The van der Waals surface area contributed by atoms with Gasteiger partial charge >= 0.3 is 0 Å². The van der Waals surface area contributed by atoms with Crippen molar-refractivity contribution >= 4 is 5.91 Å². The molecule has 3 rings (SSSR count). The van der Waals surface area contributed by atoms with Crippen LogP contribution in [0.4, 0.5) is 0 Å². The molecule has 0 aliphatic carbocycles. The minimum Gasteiger partial charge on any atom is -0.381 e. The molecule has 7 heteroatoms. The third-order valence-electron chi connectivity index (χ3n) is 5.03. The molecule has 1 aromatic heterocycles. The molecule has 0 bridgehead atoms. The van der Waals surface area contributed by atoms with Crippen LogP contribution in [0.15, 0.2) is 0 Å². The molecule has 0 unspecified atom stereocenters. The summed E-state index contributed by atoms with van der Waals surface area (Å²) in [6.45, 7) is 7.70. The number of piperidine rings is 1. The molecule has 1 N–H and O–H groups in total. The van der Waals surface area contributed by atoms with Gasteiger partial charge in [0, 0.05) is 25.3 Å². The van der Waals surface area contributed by atoms with Gasteiger partial charge in [0.1, 0.15) is 11.6 Å². The first-order chi connectivity index (χ1) is 11.6. The van der Waals surface area contributed by atoms with Gasteiger partial charge in [-0.3, -0.25) is 9.69 Å². The van der Waals surface area contributed by atoms with Crippen molar-refractivity contribution in [1.29, 1.82) is 0 Å². The molecule has 2 aliphatic heterocycles. The quantitative estimate of drug-likeness (QED) is 0.871. The van der Waals surface area contributed by atoms with E-state index in [1.807, 2.05) is 18.5 Å². The van der Waals surface area contributed by atoms with Gasteiger partial charge in [0.05, 0.1) is 13.1 Å². The Morgan fingerprint density at radius 2 is 2.04 bits per heavy atom. The summed E-state index contributed by atoms with van der Waals surface area (Å²) in [5, 5.41) is 7.65. The topological polar surface area (TPSA) is 72.3 Å². The second kappa shape index (κ2) is 8.07. The molecular weight excluding hydrogens is 306 g/mol. The van der Waals surface area contributed by atoms with Gasteiger partial charge < -0.3 is 10.1 Å². The Kier molecular flexibility index (Phi) is 5.84. The Hall–Kier alpha value is -1.47. The summed E-state index contributed by atoms with van der Waals surface area (Å²) in [6.07, 6.45) is 5.34. The number of hydrogen-bond donors (Lipinski definition) is 1. The van der Waals surface area contributed by atoms with Crippen molar-refractivity contribution in [3.05, 3.63) is 11.6 Å². The van der Waals surface area contributed by atoms with Crippen LogP contribution in [0.3, 0.4) is 0 Å². The zero-order valence-electron chi connectivity index (χ0n) is 14.8. The van der Waals surface area contributed by atoms with Gasteiger partial charge in [-0.1, -0.05) is 6.42 Å². The number of amides is 1. The first-order valence-electron chi connectivity index (χ1n) is 9.11. The van der Waals surface area contributed by atoms with E-state index in [9.17, 15) is 4.79 Å². The first-order valence-corrected chi connectivity index (χ1v) is 9.11. The number of nitrogens with zero attached hydrogens (tertiary/aromatic N) is 4. The first kappa shape index (κ1) is 17.4. The lowest BCUT2D eigenvalue weighted by Gasteiger charge is -2.35. The van der Waals surface area contributed by atoms with Gasteiger partial charge in [0.15, 0.2) is 0 Å². The lowest BCUT2D eigenvalue weighted by molar-refractivity contribution is -0.124. The molecule has 1 aromatic rings. The van der Waals surface area contributed by atoms with Gasteiger partial charge in [0.2, 0.25) is 5.91 Å². The van der Waals surface area contributed by atoms with Crippen molar-refractivity contribution in [2.75, 3.05) is 26.3 Å². The minimum absolute atomic E-state index is 0.139. The average molecular weight is 335 g/mol. The Morgan fingerprint density at radius 1 is 1.25 bits per heavy atom. The van der Waals surface area contributed by atoms with Crippen LogP contribution in [-0.2, 0) is 16.1 Å². The fourth-order valence-corrected chi connectivity index (χ4v) is 3.71. The van der Waals surface area contributed by atoms with E-state index >= 15 is 0 Å². The fraction of sp³-hybridized carbons (Fsp3) is 0.824. The van der Waals surface area contributed by atoms with Crippen molar-refractivity contribution < 1.29 is 9.53 Å². The van der Waals surface area contributed by atoms with E-state index < -0.39 is 0 Å². The van der Waals surface area contributed by atoms with Crippen molar-refractivity contribution in [1.82, 2.24) is 25.0 Å². The van der Waals surface area contributed by atoms with Crippen LogP contribution in [-0.4, -0.2) is 64.0 Å². The maximum atomic E-state index is 12.4. The average Bonchev–Trinajstić information content (AvgIpc) is 2.87. The highest BCUT2D eigenvalue weighted by Gasteiger charge is 2.26. The monoisotopic (exact) mass is 335 g/mol. The molecule has 2 saturated heterocycles. The number of aromatic nitrogens is 3. The van der Waals surface area contributed by atoms with Crippen molar-refractivity contribution in [2.24, 2.45) is 0 Å². The number of hydrogen-bond acceptors (Lipinski definition) is 5. The van der Waals surface area contributed by atoms with Crippen LogP contribution in [0.2, 0.25) is 0 Å². The molecular formula is C17H29N5O2. The van der Waals surface area contributed by atoms with Gasteiger partial charge in [-0.05, 0) is 46.1 Å². The summed E-state index contributed by atoms with van der Waals surface area (Å²) < 4.78 is 7.33. The minimum atomic E-state index is 0.139. The predicted octanol–water partition coefficient (Wildman–Crippen LogP) is 1.04. The highest BCUT2D eigenvalue weighted by Crippen LogP contribution is 2.19. The van der Waals surface area contributed by atoms with Gasteiger partial charge in [0.25, 0.3) is 0 Å². The number of aryl methyl sites for hydroxylation is 2. The zero-order chi connectivity index (χ0) is 16.9. The molecule has 0 aromatic carbocycles. The number of carbonyl (C=O) groups is 1. The number of rotatable bonds is 5. The normalized spacial score (nSPS) is 23.3. The summed E-state index contributed by atoms with van der Waals surface area (Å²) in [4.78, 5) is 19.1. The largest absolute Gasteiger partial charge is 0.381 e. The van der Waals surface area contributed by atoms with Crippen LogP contribution in [0, 0.1) is 13.8 Å². The van der Waals surface area contributed by atoms with Crippen LogP contribution in [0.1, 0.15) is 43.8 Å². The molecule has 0 saturated carbocycles. The van der Waals surface area contributed by atoms with Crippen molar-refractivity contribution in [3.63, 3.8) is 0 Å². The van der Waals surface area contributed by atoms with E-state index in [0.717, 1.165) is 63.6 Å². The molecule has 7 nitrogen and oxygen atoms in total. The van der Waals surface area contributed by atoms with Crippen LogP contribution in [0.25, 0.3) is 0 Å². The van der Waals surface area contributed by atoms with E-state index in [4.69, 9.17) is 4.74 Å². The number of carbonyl (C=O) groups excluding carboxylic acids is 1. The molecule has 2 aliphatic rings. The third-order valence-corrected chi connectivity index (χ3v) is 5.03. The SMILES string of the molecule is Cc1nc(C)n(C[C@@H]2CCCCN2CC(=O)NC2CCOCC2)n1. The highest BCUT2D eigenvalue weighted by atomic mass is 16.5. The smallest absolute Gasteiger partial charge is 0.234 e. The molecule has 0 radical (unpaired) electrons. The van der Waals surface area contributed by atoms with E-state index in [1.54, 1.807) is 0 Å². The third kappa shape index (κ3) is 4.54. The molecule has 3 heterocycles. The number of likely N-dealkylation sites (tertiary alicyclic amines) is 1. The van der Waals surface area contributed by atoms with Gasteiger partial charge in [-0.2, -0.15) is 5.10 Å². The predicted molar refractivity (Wildman–Crippen MR) is 90.7 cm³/mol. The fourth-order valence-electron chi connectivity index (χ4n) is 3.71. The van der Waals surface area contributed by atoms with Crippen LogP contribution >= 0.6 is 0 Å². The van der Waals surface area contributed by atoms with E-state index in [2.05, 4.69) is 20.3 Å². The Morgan fingerprint density at radius 3 is 2.75 bits per heavy atom. The van der Waals surface area contributed by atoms with E-state index in [-0.39, 0.29) is 11.9 Å². The molecule has 1 amide bonds. The lowest BCUT2D eigenvalue weighted by Crippen LogP contribution is -2.49. The zero-order valence-corrected chi connectivity index (χ0v) is 14.8. The molecule has 0 spiro atoms. The molecule has 24 heavy (non-hydrogen) atoms. The van der Waals surface area contributed by atoms with Crippen molar-refractivity contribution in [2.45, 2.75) is 64.6 Å². The summed E-state index contributed by atoms with van der Waals surface area (Å²) in [6, 6.07) is 0.633. The lowest BCUT2D eigenvalue weighted by atomic mass is 10.0. The maximum Gasteiger partial charge on any atom is 0.234 e. The van der Waals surface area contributed by atoms with Crippen LogP contribution in [0.5, 0.6) is 0 Å². The second-order valence-corrected chi connectivity index (χ2v) is 6.96. The molecule has 2 fully saturated rings. The Balaban J connectivity index is 1.55. The molecule has 1 atom stereocenters. The Labute approximate surface area is 143 Å². The van der Waals surface area contributed by atoms with Gasteiger partial charge in [-0.25, -0.2) is 9.67 Å². The standard InChI is InChI=1S/C17H29N5O2/c1-13-18-14(2)22(20-13)11-16-5-3-4-8-21(16)12-17(23)19-15-6-9-24-10-7-15/h15-16H,3-12H2,1-2H3,(H,19,23)/t16-/m0/s1. The number of nitrogens with one attached hydrogen (secondary N) is 1. The Bertz CT molecular complexity index is 553. The summed E-state index contributed by atoms with van der Waals surface area (Å²) >= 11 is 0. The summed E-state index contributed by atoms with van der Waals surface area (Å²) in [7, 11) is 0. The number of ether oxygens (including phenoxy) is 1.